The molecule has 1 unspecified atom stereocenters. The van der Waals surface area contributed by atoms with Crippen molar-refractivity contribution < 1.29 is 9.53 Å². The predicted molar refractivity (Wildman–Crippen MR) is 63.4 cm³/mol. The third-order valence-electron chi connectivity index (χ3n) is 2.38. The molecule has 1 aromatic rings. The van der Waals surface area contributed by atoms with E-state index in [-0.39, 0.29) is 6.04 Å². The van der Waals surface area contributed by atoms with Gasteiger partial charge < -0.3 is 4.74 Å². The molecule has 0 aromatic heterocycles. The van der Waals surface area contributed by atoms with Gasteiger partial charge in [0.2, 0.25) is 6.08 Å². The summed E-state index contributed by atoms with van der Waals surface area (Å²) < 4.78 is 5.53. The van der Waals surface area contributed by atoms with Crippen LogP contribution in [0.25, 0.3) is 0 Å². The lowest BCUT2D eigenvalue weighted by Gasteiger charge is -2.07. The van der Waals surface area contributed by atoms with Crippen LogP contribution in [0.5, 0.6) is 5.75 Å². The molecule has 0 aliphatic heterocycles. The Labute approximate surface area is 96.2 Å². The van der Waals surface area contributed by atoms with Gasteiger partial charge in [0.15, 0.2) is 0 Å². The van der Waals surface area contributed by atoms with Crippen LogP contribution in [0.3, 0.4) is 0 Å². The fourth-order valence-corrected chi connectivity index (χ4v) is 1.33. The van der Waals surface area contributed by atoms with Gasteiger partial charge in [-0.1, -0.05) is 25.5 Å². The molecule has 0 heterocycles. The zero-order chi connectivity index (χ0) is 11.8. The molecule has 0 amide bonds. The predicted octanol–water partition coefficient (Wildman–Crippen LogP) is 3.26. The Morgan fingerprint density at radius 1 is 1.38 bits per heavy atom. The first-order valence-corrected chi connectivity index (χ1v) is 5.57. The second kappa shape index (κ2) is 6.81. The van der Waals surface area contributed by atoms with E-state index >= 15 is 0 Å². The van der Waals surface area contributed by atoms with Gasteiger partial charge in [0.1, 0.15) is 5.75 Å². The zero-order valence-electron chi connectivity index (χ0n) is 9.77. The lowest BCUT2D eigenvalue weighted by atomic mass is 10.1. The highest BCUT2D eigenvalue weighted by molar-refractivity contribution is 5.36. The number of nitrogens with zero attached hydrogens (tertiary/aromatic N) is 1. The van der Waals surface area contributed by atoms with Gasteiger partial charge in [0.25, 0.3) is 0 Å². The van der Waals surface area contributed by atoms with Gasteiger partial charge >= 0.3 is 0 Å². The zero-order valence-corrected chi connectivity index (χ0v) is 9.77. The largest absolute Gasteiger partial charge is 0.494 e. The fourth-order valence-electron chi connectivity index (χ4n) is 1.33. The number of benzene rings is 1. The van der Waals surface area contributed by atoms with Crippen LogP contribution in [-0.2, 0) is 4.79 Å². The van der Waals surface area contributed by atoms with Crippen LogP contribution in [0.15, 0.2) is 29.3 Å². The molecular weight excluding hydrogens is 202 g/mol. The minimum Gasteiger partial charge on any atom is -0.494 e. The van der Waals surface area contributed by atoms with Crippen molar-refractivity contribution in [2.45, 2.75) is 32.7 Å². The summed E-state index contributed by atoms with van der Waals surface area (Å²) in [6.45, 7) is 4.74. The highest BCUT2D eigenvalue weighted by Gasteiger charge is 2.02. The van der Waals surface area contributed by atoms with E-state index in [2.05, 4.69) is 11.9 Å². The molecule has 0 saturated carbocycles. The SMILES string of the molecule is CCCCOc1ccc(C(C)N=C=O)cc1. The molecule has 1 aromatic carbocycles. The maximum atomic E-state index is 10.1. The van der Waals surface area contributed by atoms with Crippen molar-refractivity contribution in [1.82, 2.24) is 0 Å². The normalized spacial score (nSPS) is 11.6. The van der Waals surface area contributed by atoms with E-state index in [1.807, 2.05) is 31.2 Å². The minimum atomic E-state index is -0.137. The van der Waals surface area contributed by atoms with Crippen LogP contribution in [0.1, 0.15) is 38.3 Å². The number of hydrogen-bond donors (Lipinski definition) is 0. The summed E-state index contributed by atoms with van der Waals surface area (Å²) in [6, 6.07) is 7.52. The maximum absolute atomic E-state index is 10.1. The standard InChI is InChI=1S/C13H17NO2/c1-3-4-9-16-13-7-5-12(6-8-13)11(2)14-10-15/h5-8,11H,3-4,9H2,1-2H3. The molecule has 3 nitrogen and oxygen atoms in total. The first-order valence-electron chi connectivity index (χ1n) is 5.57. The molecule has 0 saturated heterocycles. The maximum Gasteiger partial charge on any atom is 0.235 e. The van der Waals surface area contributed by atoms with E-state index in [4.69, 9.17) is 4.74 Å². The van der Waals surface area contributed by atoms with Crippen molar-refractivity contribution >= 4 is 6.08 Å². The first-order chi connectivity index (χ1) is 7.77. The van der Waals surface area contributed by atoms with Crippen molar-refractivity contribution in [2.75, 3.05) is 6.61 Å². The van der Waals surface area contributed by atoms with Gasteiger partial charge in [-0.25, -0.2) is 4.79 Å². The molecule has 0 radical (unpaired) electrons. The second-order valence-electron chi connectivity index (χ2n) is 3.67. The van der Waals surface area contributed by atoms with E-state index in [0.717, 1.165) is 30.8 Å². The number of ether oxygens (including phenoxy) is 1. The molecule has 16 heavy (non-hydrogen) atoms. The van der Waals surface area contributed by atoms with Gasteiger partial charge in [-0.3, -0.25) is 0 Å². The van der Waals surface area contributed by atoms with Crippen LogP contribution >= 0.6 is 0 Å². The number of aliphatic imine (C=N–C) groups is 1. The number of isocyanates is 1. The molecule has 86 valence electrons. The molecule has 0 aliphatic carbocycles. The summed E-state index contributed by atoms with van der Waals surface area (Å²) in [5.74, 6) is 0.861. The molecule has 0 fully saturated rings. The lowest BCUT2D eigenvalue weighted by Crippen LogP contribution is -1.96. The Morgan fingerprint density at radius 3 is 2.62 bits per heavy atom. The van der Waals surface area contributed by atoms with Crippen molar-refractivity contribution in [3.8, 4) is 5.75 Å². The number of hydrogen-bond acceptors (Lipinski definition) is 3. The Balaban J connectivity index is 2.57. The van der Waals surface area contributed by atoms with Crippen LogP contribution < -0.4 is 4.74 Å². The van der Waals surface area contributed by atoms with Crippen molar-refractivity contribution in [2.24, 2.45) is 4.99 Å². The van der Waals surface area contributed by atoms with Crippen LogP contribution in [0.2, 0.25) is 0 Å². The molecule has 0 bridgehead atoms. The van der Waals surface area contributed by atoms with E-state index < -0.39 is 0 Å². The second-order valence-corrected chi connectivity index (χ2v) is 3.67. The molecule has 3 heteroatoms. The molecule has 0 aliphatic rings. The summed E-state index contributed by atoms with van der Waals surface area (Å²) >= 11 is 0. The van der Waals surface area contributed by atoms with Crippen LogP contribution in [0.4, 0.5) is 0 Å². The molecular formula is C13H17NO2. The Morgan fingerprint density at radius 2 is 2.06 bits per heavy atom. The number of rotatable bonds is 6. The summed E-state index contributed by atoms with van der Waals surface area (Å²) in [5.41, 5.74) is 0.992. The third-order valence-corrected chi connectivity index (χ3v) is 2.38. The Kier molecular flexibility index (Phi) is 5.30. The van der Waals surface area contributed by atoms with Crippen LogP contribution in [0, 0.1) is 0 Å². The number of unbranched alkanes of at least 4 members (excludes halogenated alkanes) is 1. The highest BCUT2D eigenvalue weighted by Crippen LogP contribution is 2.19. The number of carbonyl (C=O) groups excluding carboxylic acids is 1. The van der Waals surface area contributed by atoms with Gasteiger partial charge in [0.05, 0.1) is 12.6 Å². The van der Waals surface area contributed by atoms with Gasteiger partial charge in [-0.15, -0.1) is 0 Å². The lowest BCUT2D eigenvalue weighted by molar-refractivity contribution is 0.309. The minimum absolute atomic E-state index is 0.137. The van der Waals surface area contributed by atoms with Crippen molar-refractivity contribution in [3.05, 3.63) is 29.8 Å². The molecule has 0 N–H and O–H groups in total. The van der Waals surface area contributed by atoms with Crippen molar-refractivity contribution in [3.63, 3.8) is 0 Å². The topological polar surface area (TPSA) is 38.7 Å². The van der Waals surface area contributed by atoms with Crippen LogP contribution in [-0.4, -0.2) is 12.7 Å². The van der Waals surface area contributed by atoms with E-state index in [0.29, 0.717) is 0 Å². The van der Waals surface area contributed by atoms with E-state index in [9.17, 15) is 4.79 Å². The summed E-state index contributed by atoms with van der Waals surface area (Å²) in [6.07, 6.45) is 3.76. The smallest absolute Gasteiger partial charge is 0.235 e. The van der Waals surface area contributed by atoms with E-state index in [1.165, 1.54) is 0 Å². The van der Waals surface area contributed by atoms with Gasteiger partial charge in [-0.05, 0) is 31.0 Å². The average molecular weight is 219 g/mol. The van der Waals surface area contributed by atoms with Gasteiger partial charge in [-0.2, -0.15) is 4.99 Å². The third kappa shape index (κ3) is 3.87. The molecule has 1 atom stereocenters. The fraction of sp³-hybridized carbons (Fsp3) is 0.462. The summed E-state index contributed by atoms with van der Waals surface area (Å²) in [7, 11) is 0. The molecule has 1 rings (SSSR count). The Bertz CT molecular complexity index is 353. The monoisotopic (exact) mass is 219 g/mol. The van der Waals surface area contributed by atoms with Crippen molar-refractivity contribution in [1.29, 1.82) is 0 Å². The summed E-state index contributed by atoms with van der Waals surface area (Å²) in [4.78, 5) is 13.8. The summed E-state index contributed by atoms with van der Waals surface area (Å²) in [5, 5.41) is 0. The van der Waals surface area contributed by atoms with E-state index in [1.54, 1.807) is 6.08 Å². The Hall–Kier alpha value is -1.60. The quantitative estimate of drug-likeness (QED) is 0.418. The average Bonchev–Trinajstić information content (AvgIpc) is 2.30. The van der Waals surface area contributed by atoms with Gasteiger partial charge in [0, 0.05) is 0 Å². The first kappa shape index (κ1) is 12.5. The molecule has 0 spiro atoms. The highest BCUT2D eigenvalue weighted by atomic mass is 16.5.